The molecule has 1 fully saturated rings. The number of nitrogens with zero attached hydrogens (tertiary/aromatic N) is 2. The third-order valence-corrected chi connectivity index (χ3v) is 4.26. The predicted octanol–water partition coefficient (Wildman–Crippen LogP) is 4.10. The van der Waals surface area contributed by atoms with E-state index in [-0.39, 0.29) is 11.9 Å². The van der Waals surface area contributed by atoms with Gasteiger partial charge in [-0.1, -0.05) is 49.6 Å². The first-order valence-corrected chi connectivity index (χ1v) is 7.52. The second-order valence-electron chi connectivity index (χ2n) is 5.63. The van der Waals surface area contributed by atoms with Gasteiger partial charge in [0.25, 0.3) is 5.91 Å². The third-order valence-electron chi connectivity index (χ3n) is 4.26. The molecule has 1 amide bonds. The Morgan fingerprint density at radius 2 is 1.76 bits per heavy atom. The van der Waals surface area contributed by atoms with Crippen molar-refractivity contribution in [2.24, 2.45) is 0 Å². The maximum Gasteiger partial charge on any atom is 0.267 e. The van der Waals surface area contributed by atoms with Crippen molar-refractivity contribution < 1.29 is 4.79 Å². The van der Waals surface area contributed by atoms with Crippen LogP contribution in [0.4, 0.5) is 0 Å². The smallest absolute Gasteiger partial charge is 0.267 e. The summed E-state index contributed by atoms with van der Waals surface area (Å²) in [6.07, 6.45) is 7.39. The highest BCUT2D eigenvalue weighted by Crippen LogP contribution is 2.24. The van der Waals surface area contributed by atoms with Gasteiger partial charge >= 0.3 is 0 Å². The van der Waals surface area contributed by atoms with E-state index >= 15 is 0 Å². The van der Waals surface area contributed by atoms with Crippen molar-refractivity contribution in [3.8, 4) is 6.19 Å². The predicted molar refractivity (Wildman–Crippen MR) is 82.6 cm³/mol. The molecule has 1 saturated carbocycles. The Bertz CT molecular complexity index is 696. The lowest BCUT2D eigenvalue weighted by atomic mass is 9.94. The molecule has 1 aliphatic carbocycles. The summed E-state index contributed by atoms with van der Waals surface area (Å²) < 4.78 is 0. The number of carbonyl (C=O) groups is 1. The molecule has 0 aliphatic heterocycles. The highest BCUT2D eigenvalue weighted by molar-refractivity contribution is 5.99. The molecule has 3 rings (SSSR count). The van der Waals surface area contributed by atoms with Crippen LogP contribution in [0.25, 0.3) is 10.8 Å². The lowest BCUT2D eigenvalue weighted by Gasteiger charge is -2.28. The van der Waals surface area contributed by atoms with Crippen LogP contribution in [-0.4, -0.2) is 16.8 Å². The molecule has 0 saturated heterocycles. The summed E-state index contributed by atoms with van der Waals surface area (Å²) in [5.41, 5.74) is 0.598. The molecule has 3 nitrogen and oxygen atoms in total. The first kappa shape index (κ1) is 13.6. The SMILES string of the molecule is N#CN(C(=O)c1ccc2ccccc2c1)C1CCCCC1. The fourth-order valence-electron chi connectivity index (χ4n) is 3.09. The van der Waals surface area contributed by atoms with E-state index in [0.717, 1.165) is 36.5 Å². The molecule has 3 heteroatoms. The van der Waals surface area contributed by atoms with Crippen LogP contribution in [0.15, 0.2) is 42.5 Å². The maximum atomic E-state index is 12.6. The van der Waals surface area contributed by atoms with Gasteiger partial charge in [-0.25, -0.2) is 4.90 Å². The lowest BCUT2D eigenvalue weighted by Crippen LogP contribution is -2.37. The van der Waals surface area contributed by atoms with E-state index in [1.54, 1.807) is 0 Å². The second kappa shape index (κ2) is 5.97. The van der Waals surface area contributed by atoms with Crippen molar-refractivity contribution in [2.45, 2.75) is 38.1 Å². The van der Waals surface area contributed by atoms with Gasteiger partial charge in [0.05, 0.1) is 0 Å². The molecule has 0 unspecified atom stereocenters. The monoisotopic (exact) mass is 278 g/mol. The minimum absolute atomic E-state index is 0.0720. The van der Waals surface area contributed by atoms with E-state index < -0.39 is 0 Å². The molecule has 0 N–H and O–H groups in total. The van der Waals surface area contributed by atoms with Crippen LogP contribution in [0.2, 0.25) is 0 Å². The summed E-state index contributed by atoms with van der Waals surface area (Å²) in [7, 11) is 0. The summed E-state index contributed by atoms with van der Waals surface area (Å²) in [6, 6.07) is 13.7. The van der Waals surface area contributed by atoms with E-state index in [2.05, 4.69) is 6.19 Å². The third kappa shape index (κ3) is 2.75. The van der Waals surface area contributed by atoms with Crippen molar-refractivity contribution in [1.82, 2.24) is 4.90 Å². The molecule has 106 valence electrons. The average Bonchev–Trinajstić information content (AvgIpc) is 2.56. The number of fused-ring (bicyclic) bond motifs is 1. The standard InChI is InChI=1S/C18H18N2O/c19-13-20(17-8-2-1-3-9-17)18(21)16-11-10-14-6-4-5-7-15(14)12-16/h4-7,10-12,17H,1-3,8-9H2. The lowest BCUT2D eigenvalue weighted by molar-refractivity contribution is 0.0754. The Labute approximate surface area is 124 Å². The first-order chi connectivity index (χ1) is 10.3. The van der Waals surface area contributed by atoms with Crippen molar-refractivity contribution in [3.05, 3.63) is 48.0 Å². The number of rotatable bonds is 2. The minimum atomic E-state index is -0.171. The Hall–Kier alpha value is -2.34. The van der Waals surface area contributed by atoms with E-state index in [1.165, 1.54) is 11.3 Å². The van der Waals surface area contributed by atoms with Crippen molar-refractivity contribution >= 4 is 16.7 Å². The average molecular weight is 278 g/mol. The Morgan fingerprint density at radius 1 is 1.05 bits per heavy atom. The fourth-order valence-corrected chi connectivity index (χ4v) is 3.09. The highest BCUT2D eigenvalue weighted by Gasteiger charge is 2.26. The van der Waals surface area contributed by atoms with E-state index in [4.69, 9.17) is 0 Å². The zero-order valence-electron chi connectivity index (χ0n) is 12.0. The maximum absolute atomic E-state index is 12.6. The number of hydrogen-bond donors (Lipinski definition) is 0. The fraction of sp³-hybridized carbons (Fsp3) is 0.333. The number of nitriles is 1. The minimum Gasteiger partial charge on any atom is -0.268 e. The van der Waals surface area contributed by atoms with E-state index in [0.29, 0.717) is 5.56 Å². The Balaban J connectivity index is 1.89. The van der Waals surface area contributed by atoms with Gasteiger partial charge in [0.2, 0.25) is 0 Å². The largest absolute Gasteiger partial charge is 0.268 e. The molecule has 0 aromatic heterocycles. The van der Waals surface area contributed by atoms with Crippen molar-refractivity contribution in [3.63, 3.8) is 0 Å². The summed E-state index contributed by atoms with van der Waals surface area (Å²) in [6.45, 7) is 0. The Morgan fingerprint density at radius 3 is 2.48 bits per heavy atom. The van der Waals surface area contributed by atoms with Crippen molar-refractivity contribution in [2.75, 3.05) is 0 Å². The topological polar surface area (TPSA) is 44.1 Å². The molecule has 0 spiro atoms. The van der Waals surface area contributed by atoms with Gasteiger partial charge in [-0.2, -0.15) is 5.26 Å². The van der Waals surface area contributed by atoms with Crippen LogP contribution in [-0.2, 0) is 0 Å². The first-order valence-electron chi connectivity index (χ1n) is 7.52. The van der Waals surface area contributed by atoms with Gasteiger partial charge < -0.3 is 0 Å². The van der Waals surface area contributed by atoms with Gasteiger partial charge in [0.1, 0.15) is 0 Å². The van der Waals surface area contributed by atoms with Crippen LogP contribution in [0.1, 0.15) is 42.5 Å². The zero-order valence-corrected chi connectivity index (χ0v) is 12.0. The van der Waals surface area contributed by atoms with Crippen LogP contribution in [0.5, 0.6) is 0 Å². The van der Waals surface area contributed by atoms with Crippen LogP contribution in [0.3, 0.4) is 0 Å². The molecular formula is C18H18N2O. The number of carbonyl (C=O) groups excluding carboxylic acids is 1. The summed E-state index contributed by atoms with van der Waals surface area (Å²) in [4.78, 5) is 14.0. The van der Waals surface area contributed by atoms with Gasteiger partial charge in [-0.15, -0.1) is 0 Å². The molecule has 0 bridgehead atoms. The molecule has 0 heterocycles. The molecule has 21 heavy (non-hydrogen) atoms. The van der Waals surface area contributed by atoms with Crippen molar-refractivity contribution in [1.29, 1.82) is 5.26 Å². The number of amides is 1. The van der Waals surface area contributed by atoms with Gasteiger partial charge in [0.15, 0.2) is 6.19 Å². The van der Waals surface area contributed by atoms with Gasteiger partial charge in [0, 0.05) is 11.6 Å². The zero-order chi connectivity index (χ0) is 14.7. The highest BCUT2D eigenvalue weighted by atomic mass is 16.2. The van der Waals surface area contributed by atoms with Gasteiger partial charge in [-0.05, 0) is 35.7 Å². The molecule has 1 aliphatic rings. The molecule has 2 aromatic rings. The van der Waals surface area contributed by atoms with E-state index in [1.807, 2.05) is 42.5 Å². The molecule has 0 atom stereocenters. The van der Waals surface area contributed by atoms with Gasteiger partial charge in [-0.3, -0.25) is 4.79 Å². The Kier molecular flexibility index (Phi) is 3.87. The molecule has 2 aromatic carbocycles. The molecule has 0 radical (unpaired) electrons. The number of hydrogen-bond acceptors (Lipinski definition) is 2. The normalized spacial score (nSPS) is 15.6. The summed E-state index contributed by atoms with van der Waals surface area (Å²) in [5.74, 6) is -0.171. The molecular weight excluding hydrogens is 260 g/mol. The van der Waals surface area contributed by atoms with Crippen LogP contribution < -0.4 is 0 Å². The summed E-state index contributed by atoms with van der Waals surface area (Å²) in [5, 5.41) is 11.5. The van der Waals surface area contributed by atoms with Crippen LogP contribution in [0, 0.1) is 11.5 Å². The van der Waals surface area contributed by atoms with E-state index in [9.17, 15) is 10.1 Å². The quantitative estimate of drug-likeness (QED) is 0.613. The second-order valence-corrected chi connectivity index (χ2v) is 5.63. The number of benzene rings is 2. The summed E-state index contributed by atoms with van der Waals surface area (Å²) >= 11 is 0. The van der Waals surface area contributed by atoms with Crippen LogP contribution >= 0.6 is 0 Å².